The van der Waals surface area contributed by atoms with Gasteiger partial charge in [-0.1, -0.05) is 6.92 Å². The van der Waals surface area contributed by atoms with Gasteiger partial charge in [-0.25, -0.2) is 0 Å². The van der Waals surface area contributed by atoms with Gasteiger partial charge in [-0.15, -0.1) is 11.8 Å². The fourth-order valence-corrected chi connectivity index (χ4v) is 3.23. The molecule has 2 aliphatic rings. The lowest BCUT2D eigenvalue weighted by atomic mass is 10.0. The topological polar surface area (TPSA) is 86.5 Å². The minimum absolute atomic E-state index is 0.0351. The van der Waals surface area contributed by atoms with E-state index in [1.807, 2.05) is 6.92 Å². The Bertz CT molecular complexity index is 366. The molecule has 6 heteroatoms. The molecule has 0 aromatic carbocycles. The van der Waals surface area contributed by atoms with Crippen molar-refractivity contribution >= 4 is 23.6 Å². The zero-order chi connectivity index (χ0) is 11.2. The summed E-state index contributed by atoms with van der Waals surface area (Å²) < 4.78 is 0. The maximum Gasteiger partial charge on any atom is 0.248 e. The van der Waals surface area contributed by atoms with Crippen molar-refractivity contribution in [2.24, 2.45) is 5.73 Å². The number of hydrogen-bond acceptors (Lipinski definition) is 5. The largest absolute Gasteiger partial charge is 0.543 e. The highest BCUT2D eigenvalue weighted by Gasteiger charge is 2.49. The Hall–Kier alpha value is -1.01. The molecule has 1 fully saturated rings. The van der Waals surface area contributed by atoms with Crippen molar-refractivity contribution in [3.05, 3.63) is 11.3 Å². The number of nitrogens with two attached hydrogens (primary N) is 1. The Morgan fingerprint density at radius 1 is 1.73 bits per heavy atom. The van der Waals surface area contributed by atoms with Crippen LogP contribution in [-0.2, 0) is 9.59 Å². The molecule has 82 valence electrons. The Balaban J connectivity index is 2.38. The third kappa shape index (κ3) is 1.36. The monoisotopic (exact) mass is 227 g/mol. The molecule has 2 unspecified atom stereocenters. The first kappa shape index (κ1) is 10.5. The van der Waals surface area contributed by atoms with Crippen LogP contribution in [0, 0.1) is 0 Å². The van der Waals surface area contributed by atoms with Crippen molar-refractivity contribution in [1.29, 1.82) is 0 Å². The molecule has 1 amide bonds. The van der Waals surface area contributed by atoms with Crippen molar-refractivity contribution < 1.29 is 14.7 Å². The molecule has 0 saturated carbocycles. The zero-order valence-corrected chi connectivity index (χ0v) is 9.04. The molecule has 5 nitrogen and oxygen atoms in total. The average molecular weight is 227 g/mol. The number of fused-ring (bicyclic) bond motifs is 1. The van der Waals surface area contributed by atoms with E-state index in [0.29, 0.717) is 12.2 Å². The summed E-state index contributed by atoms with van der Waals surface area (Å²) in [5.41, 5.74) is 6.36. The summed E-state index contributed by atoms with van der Waals surface area (Å²) in [6.07, 6.45) is 0.613. The molecule has 15 heavy (non-hydrogen) atoms. The molecule has 0 spiro atoms. The minimum Gasteiger partial charge on any atom is -0.543 e. The number of β-lactam (4-membered cyclic amide) rings is 1. The van der Waals surface area contributed by atoms with Crippen molar-refractivity contribution in [3.8, 4) is 0 Å². The Morgan fingerprint density at radius 2 is 2.40 bits per heavy atom. The normalized spacial score (nSPS) is 30.0. The SMILES string of the molecule is CCC1=C(C(=O)[O-])N2C(=O)C(N)C2SC1. The molecule has 0 aromatic rings. The van der Waals surface area contributed by atoms with Crippen LogP contribution < -0.4 is 10.8 Å². The van der Waals surface area contributed by atoms with Crippen molar-refractivity contribution in [2.45, 2.75) is 24.8 Å². The molecular weight excluding hydrogens is 216 g/mol. The van der Waals surface area contributed by atoms with E-state index in [1.54, 1.807) is 0 Å². The molecule has 2 heterocycles. The van der Waals surface area contributed by atoms with Crippen molar-refractivity contribution in [3.63, 3.8) is 0 Å². The van der Waals surface area contributed by atoms with Crippen LogP contribution in [0.4, 0.5) is 0 Å². The first-order valence-corrected chi connectivity index (χ1v) is 5.76. The fourth-order valence-electron chi connectivity index (χ4n) is 1.84. The summed E-state index contributed by atoms with van der Waals surface area (Å²) in [6, 6.07) is -0.567. The van der Waals surface area contributed by atoms with Gasteiger partial charge in [0.15, 0.2) is 0 Å². The van der Waals surface area contributed by atoms with Gasteiger partial charge in [-0.3, -0.25) is 9.69 Å². The highest BCUT2D eigenvalue weighted by Crippen LogP contribution is 2.39. The van der Waals surface area contributed by atoms with Crippen LogP contribution in [0.5, 0.6) is 0 Å². The summed E-state index contributed by atoms with van der Waals surface area (Å²) >= 11 is 1.51. The molecule has 2 N–H and O–H groups in total. The van der Waals surface area contributed by atoms with Gasteiger partial charge >= 0.3 is 0 Å². The maximum atomic E-state index is 11.4. The number of carboxylic acid groups (broad SMARTS) is 1. The first-order valence-electron chi connectivity index (χ1n) is 4.71. The number of carbonyl (C=O) groups is 2. The number of hydrogen-bond donors (Lipinski definition) is 1. The van der Waals surface area contributed by atoms with Crippen LogP contribution in [0.2, 0.25) is 0 Å². The molecule has 1 saturated heterocycles. The van der Waals surface area contributed by atoms with Crippen LogP contribution in [0.15, 0.2) is 11.3 Å². The molecule has 0 aliphatic carbocycles. The van der Waals surface area contributed by atoms with E-state index >= 15 is 0 Å². The minimum atomic E-state index is -1.28. The van der Waals surface area contributed by atoms with E-state index in [0.717, 1.165) is 5.57 Å². The molecule has 0 bridgehead atoms. The molecule has 0 aromatic heterocycles. The quantitative estimate of drug-likeness (QED) is 0.589. The molecule has 2 rings (SSSR count). The van der Waals surface area contributed by atoms with Gasteiger partial charge in [-0.05, 0) is 12.0 Å². The third-order valence-electron chi connectivity index (χ3n) is 2.71. The van der Waals surface area contributed by atoms with Crippen LogP contribution in [0.3, 0.4) is 0 Å². The Morgan fingerprint density at radius 3 is 2.93 bits per heavy atom. The number of thioether (sulfide) groups is 1. The van der Waals surface area contributed by atoms with Gasteiger partial charge in [-0.2, -0.15) is 0 Å². The standard InChI is InChI=1S/C9H12N2O3S/c1-2-4-3-15-8-5(10)7(12)11(8)6(4)9(13)14/h5,8H,2-3,10H2,1H3,(H,13,14)/p-1. The summed E-state index contributed by atoms with van der Waals surface area (Å²) in [5.74, 6) is -0.989. The number of nitrogens with zero attached hydrogens (tertiary/aromatic N) is 1. The maximum absolute atomic E-state index is 11.4. The van der Waals surface area contributed by atoms with E-state index in [2.05, 4.69) is 0 Å². The van der Waals surface area contributed by atoms with E-state index in [9.17, 15) is 14.7 Å². The Labute approximate surface area is 91.3 Å². The second kappa shape index (κ2) is 3.53. The van der Waals surface area contributed by atoms with Gasteiger partial charge in [0.05, 0.1) is 11.7 Å². The van der Waals surface area contributed by atoms with Gasteiger partial charge in [0.25, 0.3) is 0 Å². The lowest BCUT2D eigenvalue weighted by molar-refractivity contribution is -0.301. The smallest absolute Gasteiger partial charge is 0.248 e. The predicted octanol–water partition coefficient (Wildman–Crippen LogP) is -1.36. The Kier molecular flexibility index (Phi) is 2.47. The number of rotatable bonds is 2. The molecular formula is C9H11N2O3S-. The van der Waals surface area contributed by atoms with Crippen LogP contribution >= 0.6 is 11.8 Å². The van der Waals surface area contributed by atoms with E-state index in [1.165, 1.54) is 16.7 Å². The highest BCUT2D eigenvalue weighted by molar-refractivity contribution is 8.00. The zero-order valence-electron chi connectivity index (χ0n) is 8.23. The third-order valence-corrected chi connectivity index (χ3v) is 4.07. The lowest BCUT2D eigenvalue weighted by Gasteiger charge is -2.49. The summed E-state index contributed by atoms with van der Waals surface area (Å²) in [5, 5.41) is 10.7. The molecule has 2 aliphatic heterocycles. The number of carbonyl (C=O) groups excluding carboxylic acids is 2. The molecule has 0 radical (unpaired) electrons. The predicted molar refractivity (Wildman–Crippen MR) is 53.4 cm³/mol. The van der Waals surface area contributed by atoms with Crippen molar-refractivity contribution in [1.82, 2.24) is 4.90 Å². The summed E-state index contributed by atoms with van der Waals surface area (Å²) in [6.45, 7) is 1.86. The van der Waals surface area contributed by atoms with Crippen LogP contribution in [-0.4, -0.2) is 33.9 Å². The van der Waals surface area contributed by atoms with Gasteiger partial charge in [0.2, 0.25) is 5.91 Å². The van der Waals surface area contributed by atoms with Crippen LogP contribution in [0.1, 0.15) is 13.3 Å². The second-order valence-electron chi connectivity index (χ2n) is 3.53. The van der Waals surface area contributed by atoms with E-state index < -0.39 is 12.0 Å². The van der Waals surface area contributed by atoms with Gasteiger partial charge in [0, 0.05) is 5.75 Å². The van der Waals surface area contributed by atoms with Gasteiger partial charge < -0.3 is 15.6 Å². The second-order valence-corrected chi connectivity index (χ2v) is 4.63. The lowest BCUT2D eigenvalue weighted by Crippen LogP contribution is -2.69. The van der Waals surface area contributed by atoms with Gasteiger partial charge in [0.1, 0.15) is 11.4 Å². The van der Waals surface area contributed by atoms with Crippen molar-refractivity contribution in [2.75, 3.05) is 5.75 Å². The summed E-state index contributed by atoms with van der Waals surface area (Å²) in [7, 11) is 0. The van der Waals surface area contributed by atoms with Crippen LogP contribution in [0.25, 0.3) is 0 Å². The fraction of sp³-hybridized carbons (Fsp3) is 0.556. The van der Waals surface area contributed by atoms with E-state index in [-0.39, 0.29) is 17.0 Å². The number of carboxylic acids is 1. The number of amides is 1. The highest BCUT2D eigenvalue weighted by atomic mass is 32.2. The first-order chi connectivity index (χ1) is 7.07. The number of aliphatic carboxylic acids is 1. The van der Waals surface area contributed by atoms with E-state index in [4.69, 9.17) is 5.73 Å². The average Bonchev–Trinajstić information content (AvgIpc) is 2.25. The molecule has 2 atom stereocenters. The summed E-state index contributed by atoms with van der Waals surface area (Å²) in [4.78, 5) is 23.6.